The minimum absolute atomic E-state index is 0.220. The first-order chi connectivity index (χ1) is 18.9. The van der Waals surface area contributed by atoms with Crippen LogP contribution in [0.4, 0.5) is 11.4 Å². The van der Waals surface area contributed by atoms with Gasteiger partial charge in [-0.25, -0.2) is 4.74 Å². The van der Waals surface area contributed by atoms with Gasteiger partial charge in [-0.2, -0.15) is 0 Å². The van der Waals surface area contributed by atoms with E-state index in [0.29, 0.717) is 0 Å². The van der Waals surface area contributed by atoms with E-state index in [4.69, 9.17) is 9.27 Å². The number of halogens is 1. The minimum atomic E-state index is -2.80. The lowest BCUT2D eigenvalue weighted by atomic mass is 9.84. The molecule has 0 N–H and O–H groups in total. The lowest BCUT2D eigenvalue weighted by Gasteiger charge is -2.30. The van der Waals surface area contributed by atoms with Crippen molar-refractivity contribution in [3.05, 3.63) is 143 Å². The molecule has 1 heterocycles. The molecule has 0 saturated carbocycles. The Kier molecular flexibility index (Phi) is 6.71. The van der Waals surface area contributed by atoms with E-state index in [0.717, 1.165) is 32.0 Å². The highest BCUT2D eigenvalue weighted by Crippen LogP contribution is 2.59. The summed E-state index contributed by atoms with van der Waals surface area (Å²) >= 11 is 3.58. The highest BCUT2D eigenvalue weighted by molar-refractivity contribution is 9.10. The maximum Gasteiger partial charge on any atom is 0.191 e. The van der Waals surface area contributed by atoms with E-state index < -0.39 is 7.28 Å². The van der Waals surface area contributed by atoms with Gasteiger partial charge in [-0.15, -0.1) is 0 Å². The number of nitrogens with zero attached hydrogens (tertiary/aromatic N) is 2. The fourth-order valence-corrected chi connectivity index (χ4v) is 8.55. The average Bonchev–Trinajstić information content (AvgIpc) is 3.15. The number of rotatable bonds is 5. The molecule has 0 saturated heterocycles. The Morgan fingerprint density at radius 3 is 2.21 bits per heavy atom. The Balaban J connectivity index is 1.66. The summed E-state index contributed by atoms with van der Waals surface area (Å²) in [6.45, 7) is 4.58. The van der Waals surface area contributed by atoms with Crippen molar-refractivity contribution in [3.8, 4) is 5.75 Å². The van der Waals surface area contributed by atoms with Gasteiger partial charge in [0, 0.05) is 44.8 Å². The van der Waals surface area contributed by atoms with Crippen molar-refractivity contribution in [2.75, 3.05) is 11.9 Å². The van der Waals surface area contributed by atoms with Crippen molar-refractivity contribution >= 4 is 50.7 Å². The highest BCUT2D eigenvalue weighted by Gasteiger charge is 2.40. The van der Waals surface area contributed by atoms with Gasteiger partial charge >= 0.3 is 0 Å². The molecular weight excluding hydrogens is 563 g/mol. The molecule has 194 valence electrons. The normalized spacial score (nSPS) is 16.6. The summed E-state index contributed by atoms with van der Waals surface area (Å²) in [6.07, 6.45) is 0. The standard InChI is InChI=1S/C34H30BrN2OP/c1-34(2)30-17-9-10-18-31(30)37(3)33(34)24-39(28-14-5-4-6-15-28,36-27-22-20-26(35)21-23-27)38-32-19-11-13-25-12-7-8-16-29(25)32/h4-24H,1-3H3/b33-24-/t39-/m1/s1. The Bertz CT molecular complexity index is 1740. The maximum atomic E-state index is 7.27. The summed E-state index contributed by atoms with van der Waals surface area (Å²) in [5.41, 5.74) is 4.36. The Hall–Kier alpha value is -3.59. The fraction of sp³-hybridized carbons (Fsp3) is 0.118. The number of fused-ring (bicyclic) bond motifs is 2. The van der Waals surface area contributed by atoms with Crippen molar-refractivity contribution in [3.63, 3.8) is 0 Å². The molecule has 1 atom stereocenters. The van der Waals surface area contributed by atoms with Crippen LogP contribution in [0.15, 0.2) is 142 Å². The molecular formula is C34H30BrN2OP. The lowest BCUT2D eigenvalue weighted by Crippen LogP contribution is -2.24. The number of benzene rings is 5. The molecule has 39 heavy (non-hydrogen) atoms. The zero-order valence-electron chi connectivity index (χ0n) is 22.3. The quantitative estimate of drug-likeness (QED) is 0.190. The molecule has 0 unspecified atom stereocenters. The second-order valence-corrected chi connectivity index (χ2v) is 13.6. The molecule has 0 aromatic heterocycles. The topological polar surface area (TPSA) is 24.8 Å². The summed E-state index contributed by atoms with van der Waals surface area (Å²) in [5.74, 6) is 3.16. The van der Waals surface area contributed by atoms with Crippen LogP contribution in [0.3, 0.4) is 0 Å². The molecule has 0 aliphatic carbocycles. The molecule has 1 aliphatic rings. The van der Waals surface area contributed by atoms with Crippen molar-refractivity contribution in [2.45, 2.75) is 19.3 Å². The van der Waals surface area contributed by atoms with E-state index in [1.807, 2.05) is 30.3 Å². The van der Waals surface area contributed by atoms with E-state index in [2.05, 4.69) is 139 Å². The minimum Gasteiger partial charge on any atom is -0.452 e. The van der Waals surface area contributed by atoms with Gasteiger partial charge in [-0.05, 0) is 59.5 Å². The van der Waals surface area contributed by atoms with Gasteiger partial charge in [0.2, 0.25) is 0 Å². The molecule has 3 nitrogen and oxygen atoms in total. The van der Waals surface area contributed by atoms with E-state index >= 15 is 0 Å². The molecule has 0 radical (unpaired) electrons. The molecule has 0 bridgehead atoms. The first-order valence-electron chi connectivity index (χ1n) is 13.0. The molecule has 0 spiro atoms. The first-order valence-corrected chi connectivity index (χ1v) is 15.6. The number of para-hydroxylation sites is 1. The zero-order valence-corrected chi connectivity index (χ0v) is 24.7. The summed E-state index contributed by atoms with van der Waals surface area (Å²) in [6, 6.07) is 41.9. The highest BCUT2D eigenvalue weighted by atomic mass is 79.9. The van der Waals surface area contributed by atoms with Gasteiger partial charge in [-0.1, -0.05) is 103 Å². The van der Waals surface area contributed by atoms with E-state index in [9.17, 15) is 0 Å². The van der Waals surface area contributed by atoms with Crippen molar-refractivity contribution < 1.29 is 4.52 Å². The summed E-state index contributed by atoms with van der Waals surface area (Å²) in [7, 11) is -0.651. The van der Waals surface area contributed by atoms with Crippen molar-refractivity contribution in [1.29, 1.82) is 0 Å². The Labute approximate surface area is 239 Å². The van der Waals surface area contributed by atoms with Crippen LogP contribution in [0.25, 0.3) is 10.8 Å². The fourth-order valence-electron chi connectivity index (χ4n) is 5.40. The number of likely N-dealkylation sites (N-methyl/N-ethyl adjacent to an activating group) is 1. The molecule has 1 aliphatic heterocycles. The Morgan fingerprint density at radius 1 is 0.769 bits per heavy atom. The average molecular weight is 594 g/mol. The van der Waals surface area contributed by atoms with E-state index in [1.54, 1.807) is 0 Å². The molecule has 6 rings (SSSR count). The van der Waals surface area contributed by atoms with Crippen LogP contribution in [0.1, 0.15) is 19.4 Å². The van der Waals surface area contributed by atoms with Gasteiger partial charge in [0.05, 0.1) is 5.69 Å². The maximum absolute atomic E-state index is 7.27. The van der Waals surface area contributed by atoms with Crippen LogP contribution in [-0.4, -0.2) is 7.05 Å². The van der Waals surface area contributed by atoms with Crippen LogP contribution < -0.4 is 14.7 Å². The summed E-state index contributed by atoms with van der Waals surface area (Å²) in [5, 5.41) is 3.28. The molecule has 0 fully saturated rings. The second kappa shape index (κ2) is 10.2. The van der Waals surface area contributed by atoms with Crippen LogP contribution >= 0.6 is 23.2 Å². The molecule has 5 aromatic rings. The second-order valence-electron chi connectivity index (χ2n) is 10.3. The van der Waals surface area contributed by atoms with Crippen molar-refractivity contribution in [1.82, 2.24) is 0 Å². The number of allylic oxidation sites excluding steroid dienone is 1. The van der Waals surface area contributed by atoms with Gasteiger partial charge in [0.1, 0.15) is 5.75 Å². The monoisotopic (exact) mass is 592 g/mol. The third-order valence-corrected chi connectivity index (χ3v) is 10.6. The predicted molar refractivity (Wildman–Crippen MR) is 170 cm³/mol. The lowest BCUT2D eigenvalue weighted by molar-refractivity contribution is 0.619. The largest absolute Gasteiger partial charge is 0.452 e. The third-order valence-electron chi connectivity index (χ3n) is 7.44. The molecule has 0 amide bonds. The van der Waals surface area contributed by atoms with Crippen molar-refractivity contribution in [2.24, 2.45) is 4.74 Å². The smallest absolute Gasteiger partial charge is 0.191 e. The molecule has 5 heteroatoms. The third kappa shape index (κ3) is 4.73. The van der Waals surface area contributed by atoms with E-state index in [-0.39, 0.29) is 5.41 Å². The van der Waals surface area contributed by atoms with Gasteiger partial charge < -0.3 is 9.42 Å². The van der Waals surface area contributed by atoms with Gasteiger partial charge in [0.25, 0.3) is 0 Å². The van der Waals surface area contributed by atoms with Crippen LogP contribution in [-0.2, 0) is 5.41 Å². The van der Waals surface area contributed by atoms with Gasteiger partial charge in [-0.3, -0.25) is 0 Å². The summed E-state index contributed by atoms with van der Waals surface area (Å²) in [4.78, 5) is 2.30. The SMILES string of the molecule is CN1/C(=C\[P@@](=Nc2ccc(Br)cc2)(Oc2cccc3ccccc23)c2ccccc2)C(C)(C)c2ccccc21. The number of hydrogen-bond acceptors (Lipinski definition) is 3. The number of anilines is 1. The van der Waals surface area contributed by atoms with Crippen LogP contribution in [0.5, 0.6) is 5.75 Å². The molecule has 5 aromatic carbocycles. The van der Waals surface area contributed by atoms with E-state index in [1.165, 1.54) is 16.9 Å². The predicted octanol–water partition coefficient (Wildman–Crippen LogP) is 10.0. The number of hydrogen-bond donors (Lipinski definition) is 0. The van der Waals surface area contributed by atoms with Crippen LogP contribution in [0.2, 0.25) is 0 Å². The van der Waals surface area contributed by atoms with Gasteiger partial charge in [0.15, 0.2) is 7.28 Å². The Morgan fingerprint density at radius 2 is 1.44 bits per heavy atom. The first kappa shape index (κ1) is 25.7. The van der Waals surface area contributed by atoms with Crippen LogP contribution in [0, 0.1) is 0 Å². The zero-order chi connectivity index (χ0) is 27.0. The summed E-state index contributed by atoms with van der Waals surface area (Å²) < 4.78 is 13.8.